The Kier molecular flexibility index (Phi) is 12.1. The second-order valence-electron chi connectivity index (χ2n) is 8.49. The molecule has 2 rings (SSSR count). The van der Waals surface area contributed by atoms with Crippen molar-refractivity contribution in [2.24, 2.45) is 0 Å². The van der Waals surface area contributed by atoms with Crippen molar-refractivity contribution in [1.29, 1.82) is 0 Å². The van der Waals surface area contributed by atoms with Crippen molar-refractivity contribution in [3.63, 3.8) is 0 Å². The molecule has 0 aliphatic heterocycles. The van der Waals surface area contributed by atoms with Crippen LogP contribution >= 0.6 is 0 Å². The standard InChI is InChI=1S/C26H42N2O2/c1-3-4-5-6-7-8-9-10-11-12-13-14-19-30-24-15-16-26-25(20-24)23(21-28-26)17-18-27-22(2)29/h15-16,20-21,28H,3-14,17-19H2,1-2H3,(H,27,29). The maximum Gasteiger partial charge on any atom is 0.216 e. The van der Waals surface area contributed by atoms with Crippen LogP contribution in [0.3, 0.4) is 0 Å². The average molecular weight is 415 g/mol. The van der Waals surface area contributed by atoms with Gasteiger partial charge in [0, 0.05) is 30.6 Å². The number of fused-ring (bicyclic) bond motifs is 1. The van der Waals surface area contributed by atoms with E-state index in [1.807, 2.05) is 12.3 Å². The minimum Gasteiger partial charge on any atom is -0.494 e. The van der Waals surface area contributed by atoms with Crippen LogP contribution in [0.2, 0.25) is 0 Å². The van der Waals surface area contributed by atoms with Gasteiger partial charge < -0.3 is 15.0 Å². The minimum atomic E-state index is 0.0151. The topological polar surface area (TPSA) is 54.1 Å². The van der Waals surface area contributed by atoms with E-state index in [2.05, 4.69) is 29.4 Å². The van der Waals surface area contributed by atoms with Crippen LogP contribution in [0, 0.1) is 0 Å². The fourth-order valence-corrected chi connectivity index (χ4v) is 3.96. The predicted molar refractivity (Wildman–Crippen MR) is 127 cm³/mol. The van der Waals surface area contributed by atoms with Gasteiger partial charge >= 0.3 is 0 Å². The van der Waals surface area contributed by atoms with E-state index in [0.717, 1.165) is 30.7 Å². The van der Waals surface area contributed by atoms with Gasteiger partial charge in [0.25, 0.3) is 0 Å². The summed E-state index contributed by atoms with van der Waals surface area (Å²) >= 11 is 0. The first-order valence-corrected chi connectivity index (χ1v) is 12.2. The molecule has 168 valence electrons. The Morgan fingerprint density at radius 1 is 0.933 bits per heavy atom. The number of rotatable bonds is 17. The molecule has 0 fully saturated rings. The summed E-state index contributed by atoms with van der Waals surface area (Å²) in [6.07, 6.45) is 19.1. The van der Waals surface area contributed by atoms with Crippen molar-refractivity contribution in [3.8, 4) is 5.75 Å². The molecule has 0 aliphatic rings. The van der Waals surface area contributed by atoms with Crippen molar-refractivity contribution in [2.75, 3.05) is 13.2 Å². The molecule has 4 nitrogen and oxygen atoms in total. The highest BCUT2D eigenvalue weighted by molar-refractivity contribution is 5.84. The monoisotopic (exact) mass is 414 g/mol. The maximum absolute atomic E-state index is 11.1. The molecular formula is C26H42N2O2. The fraction of sp³-hybridized carbons (Fsp3) is 0.654. The molecule has 0 aliphatic carbocycles. The molecule has 4 heteroatoms. The number of H-pyrrole nitrogens is 1. The van der Waals surface area contributed by atoms with E-state index < -0.39 is 0 Å². The predicted octanol–water partition coefficient (Wildman–Crippen LogP) is 6.93. The molecule has 0 unspecified atom stereocenters. The zero-order valence-corrected chi connectivity index (χ0v) is 19.2. The van der Waals surface area contributed by atoms with Gasteiger partial charge in [0.1, 0.15) is 5.75 Å². The van der Waals surface area contributed by atoms with E-state index in [-0.39, 0.29) is 5.91 Å². The smallest absolute Gasteiger partial charge is 0.216 e. The van der Waals surface area contributed by atoms with E-state index in [9.17, 15) is 4.79 Å². The second-order valence-corrected chi connectivity index (χ2v) is 8.49. The maximum atomic E-state index is 11.1. The van der Waals surface area contributed by atoms with Crippen LogP contribution in [0.5, 0.6) is 5.75 Å². The number of ether oxygens (including phenoxy) is 1. The average Bonchev–Trinajstić information content (AvgIpc) is 3.13. The van der Waals surface area contributed by atoms with E-state index in [1.165, 1.54) is 81.6 Å². The minimum absolute atomic E-state index is 0.0151. The van der Waals surface area contributed by atoms with E-state index >= 15 is 0 Å². The zero-order chi connectivity index (χ0) is 21.4. The van der Waals surface area contributed by atoms with Crippen molar-refractivity contribution < 1.29 is 9.53 Å². The van der Waals surface area contributed by atoms with Gasteiger partial charge in [-0.2, -0.15) is 0 Å². The van der Waals surface area contributed by atoms with Gasteiger partial charge in [-0.1, -0.05) is 77.6 Å². The summed E-state index contributed by atoms with van der Waals surface area (Å²) in [6, 6.07) is 6.24. The Morgan fingerprint density at radius 3 is 2.20 bits per heavy atom. The lowest BCUT2D eigenvalue weighted by Gasteiger charge is -2.07. The number of unbranched alkanes of at least 4 members (excludes halogenated alkanes) is 11. The van der Waals surface area contributed by atoms with Crippen LogP contribution in [-0.2, 0) is 11.2 Å². The Morgan fingerprint density at radius 2 is 1.57 bits per heavy atom. The largest absolute Gasteiger partial charge is 0.494 e. The quantitative estimate of drug-likeness (QED) is 0.276. The first kappa shape index (κ1) is 24.3. The van der Waals surface area contributed by atoms with E-state index in [0.29, 0.717) is 6.54 Å². The van der Waals surface area contributed by atoms with Crippen molar-refractivity contribution >= 4 is 16.8 Å². The lowest BCUT2D eigenvalue weighted by molar-refractivity contribution is -0.118. The molecule has 1 heterocycles. The van der Waals surface area contributed by atoms with Gasteiger partial charge in [-0.3, -0.25) is 4.79 Å². The highest BCUT2D eigenvalue weighted by Gasteiger charge is 2.06. The molecular weight excluding hydrogens is 372 g/mol. The lowest BCUT2D eigenvalue weighted by atomic mass is 10.1. The molecule has 0 saturated heterocycles. The molecule has 1 aromatic carbocycles. The number of hydrogen-bond donors (Lipinski definition) is 2. The van der Waals surface area contributed by atoms with Crippen LogP contribution in [-0.4, -0.2) is 24.0 Å². The number of carbonyl (C=O) groups excluding carboxylic acids is 1. The van der Waals surface area contributed by atoms with Crippen molar-refractivity contribution in [2.45, 2.75) is 97.3 Å². The summed E-state index contributed by atoms with van der Waals surface area (Å²) in [4.78, 5) is 14.4. The summed E-state index contributed by atoms with van der Waals surface area (Å²) in [7, 11) is 0. The second kappa shape index (κ2) is 14.9. The summed E-state index contributed by atoms with van der Waals surface area (Å²) < 4.78 is 5.99. The van der Waals surface area contributed by atoms with Gasteiger partial charge in [0.05, 0.1) is 6.61 Å². The van der Waals surface area contributed by atoms with Crippen LogP contribution in [0.15, 0.2) is 24.4 Å². The van der Waals surface area contributed by atoms with Gasteiger partial charge in [0.15, 0.2) is 0 Å². The van der Waals surface area contributed by atoms with Crippen LogP contribution < -0.4 is 10.1 Å². The molecule has 0 bridgehead atoms. The van der Waals surface area contributed by atoms with Gasteiger partial charge in [0.2, 0.25) is 5.91 Å². The SMILES string of the molecule is CCCCCCCCCCCCCCOc1ccc2[nH]cc(CCNC(C)=O)c2c1. The molecule has 0 atom stereocenters. The van der Waals surface area contributed by atoms with Gasteiger partial charge in [-0.15, -0.1) is 0 Å². The number of aromatic nitrogens is 1. The first-order valence-electron chi connectivity index (χ1n) is 12.2. The van der Waals surface area contributed by atoms with Crippen molar-refractivity contribution in [1.82, 2.24) is 10.3 Å². The third-order valence-corrected chi connectivity index (χ3v) is 5.77. The number of amides is 1. The van der Waals surface area contributed by atoms with Crippen LogP contribution in [0.4, 0.5) is 0 Å². The first-order chi connectivity index (χ1) is 14.7. The molecule has 2 aromatic rings. The Bertz CT molecular complexity index is 723. The van der Waals surface area contributed by atoms with E-state index in [4.69, 9.17) is 4.74 Å². The number of nitrogens with one attached hydrogen (secondary N) is 2. The highest BCUT2D eigenvalue weighted by Crippen LogP contribution is 2.24. The number of benzene rings is 1. The highest BCUT2D eigenvalue weighted by atomic mass is 16.5. The zero-order valence-electron chi connectivity index (χ0n) is 19.2. The summed E-state index contributed by atoms with van der Waals surface area (Å²) in [5.74, 6) is 0.951. The van der Waals surface area contributed by atoms with Crippen LogP contribution in [0.1, 0.15) is 96.5 Å². The molecule has 0 spiro atoms. The van der Waals surface area contributed by atoms with Crippen molar-refractivity contribution in [3.05, 3.63) is 30.0 Å². The summed E-state index contributed by atoms with van der Waals surface area (Å²) in [5, 5.41) is 4.05. The molecule has 2 N–H and O–H groups in total. The van der Waals surface area contributed by atoms with Gasteiger partial charge in [-0.25, -0.2) is 0 Å². The summed E-state index contributed by atoms with van der Waals surface area (Å²) in [6.45, 7) is 5.28. The normalized spacial score (nSPS) is 11.1. The lowest BCUT2D eigenvalue weighted by Crippen LogP contribution is -2.22. The molecule has 0 radical (unpaired) electrons. The number of carbonyl (C=O) groups is 1. The van der Waals surface area contributed by atoms with E-state index in [1.54, 1.807) is 6.92 Å². The van der Waals surface area contributed by atoms with Gasteiger partial charge in [-0.05, 0) is 36.6 Å². The molecule has 30 heavy (non-hydrogen) atoms. The van der Waals surface area contributed by atoms with Crippen LogP contribution in [0.25, 0.3) is 10.9 Å². The number of hydrogen-bond acceptors (Lipinski definition) is 2. The molecule has 0 saturated carbocycles. The molecule has 1 aromatic heterocycles. The third-order valence-electron chi connectivity index (χ3n) is 5.77. The third kappa shape index (κ3) is 9.69. The Labute approximate surface area is 183 Å². The molecule has 1 amide bonds. The summed E-state index contributed by atoms with van der Waals surface area (Å²) in [5.41, 5.74) is 2.33. The Hall–Kier alpha value is -1.97. The Balaban J connectivity index is 1.55. The fourth-order valence-electron chi connectivity index (χ4n) is 3.96. The number of aromatic amines is 1.